The number of nitrogens with zero attached hydrogens (tertiary/aromatic N) is 1. The van der Waals surface area contributed by atoms with Crippen molar-refractivity contribution in [3.8, 4) is 0 Å². The number of fused-ring (bicyclic) bond motifs is 1. The zero-order chi connectivity index (χ0) is 15.5. The molecule has 1 heterocycles. The lowest BCUT2D eigenvalue weighted by Gasteiger charge is -2.04. The van der Waals surface area contributed by atoms with Crippen molar-refractivity contribution in [2.45, 2.75) is 6.92 Å². The van der Waals surface area contributed by atoms with E-state index in [1.807, 2.05) is 30.3 Å². The van der Waals surface area contributed by atoms with E-state index in [0.29, 0.717) is 21.9 Å². The second kappa shape index (κ2) is 6.03. The molecule has 0 saturated carbocycles. The smallest absolute Gasteiger partial charge is 0.345 e. The molecule has 1 aromatic heterocycles. The third kappa shape index (κ3) is 3.02. The normalized spacial score (nSPS) is 11.6. The summed E-state index contributed by atoms with van der Waals surface area (Å²) in [6.07, 6.45) is 0. The fraction of sp³-hybridized carbons (Fsp3) is 0.0588. The SMILES string of the molecule is C/C(=N/Nc1ccc(Cl)cc1)c1cc2ccccc2oc1=O. The zero-order valence-electron chi connectivity index (χ0n) is 11.8. The molecule has 3 rings (SSSR count). The van der Waals surface area contributed by atoms with E-state index >= 15 is 0 Å². The molecule has 0 aliphatic carbocycles. The second-order valence-corrected chi connectivity index (χ2v) is 5.24. The van der Waals surface area contributed by atoms with Crippen molar-refractivity contribution in [2.24, 2.45) is 5.10 Å². The fourth-order valence-corrected chi connectivity index (χ4v) is 2.17. The number of rotatable bonds is 3. The molecule has 0 fully saturated rings. The van der Waals surface area contributed by atoms with Crippen LogP contribution < -0.4 is 11.1 Å². The maximum Gasteiger partial charge on any atom is 0.345 e. The van der Waals surface area contributed by atoms with Crippen LogP contribution in [0.3, 0.4) is 0 Å². The molecule has 0 amide bonds. The third-order valence-corrected chi connectivity index (χ3v) is 3.48. The van der Waals surface area contributed by atoms with Gasteiger partial charge in [0.25, 0.3) is 0 Å². The van der Waals surface area contributed by atoms with E-state index in [1.54, 1.807) is 31.2 Å². The summed E-state index contributed by atoms with van der Waals surface area (Å²) in [7, 11) is 0. The number of anilines is 1. The predicted octanol–water partition coefficient (Wildman–Crippen LogP) is 4.28. The van der Waals surface area contributed by atoms with E-state index in [4.69, 9.17) is 16.0 Å². The van der Waals surface area contributed by atoms with Crippen LogP contribution in [-0.2, 0) is 0 Å². The van der Waals surface area contributed by atoms with Crippen LogP contribution in [0.4, 0.5) is 5.69 Å². The lowest BCUT2D eigenvalue weighted by Crippen LogP contribution is -2.13. The Bertz CT molecular complexity index is 898. The van der Waals surface area contributed by atoms with Crippen LogP contribution in [0.15, 0.2) is 68.9 Å². The first-order valence-corrected chi connectivity index (χ1v) is 7.10. The molecular weight excluding hydrogens is 300 g/mol. The van der Waals surface area contributed by atoms with Crippen LogP contribution in [0.5, 0.6) is 0 Å². The van der Waals surface area contributed by atoms with Crippen molar-refractivity contribution in [3.63, 3.8) is 0 Å². The van der Waals surface area contributed by atoms with E-state index in [2.05, 4.69) is 10.5 Å². The summed E-state index contributed by atoms with van der Waals surface area (Å²) >= 11 is 5.83. The van der Waals surface area contributed by atoms with E-state index in [0.717, 1.165) is 11.1 Å². The van der Waals surface area contributed by atoms with Gasteiger partial charge in [-0.05, 0) is 43.3 Å². The Morgan fingerprint density at radius 1 is 1.14 bits per heavy atom. The highest BCUT2D eigenvalue weighted by atomic mass is 35.5. The quantitative estimate of drug-likeness (QED) is 0.446. The minimum Gasteiger partial charge on any atom is -0.422 e. The molecular formula is C17H13ClN2O2. The van der Waals surface area contributed by atoms with Crippen molar-refractivity contribution >= 4 is 34.0 Å². The van der Waals surface area contributed by atoms with Crippen molar-refractivity contribution < 1.29 is 4.42 Å². The average molecular weight is 313 g/mol. The topological polar surface area (TPSA) is 54.6 Å². The van der Waals surface area contributed by atoms with Crippen molar-refractivity contribution in [3.05, 3.63) is 75.6 Å². The summed E-state index contributed by atoms with van der Waals surface area (Å²) in [6.45, 7) is 1.75. The summed E-state index contributed by atoms with van der Waals surface area (Å²) in [6, 6.07) is 16.3. The van der Waals surface area contributed by atoms with Gasteiger partial charge in [0.15, 0.2) is 0 Å². The third-order valence-electron chi connectivity index (χ3n) is 3.23. The molecule has 0 radical (unpaired) electrons. The van der Waals surface area contributed by atoms with Gasteiger partial charge in [0.2, 0.25) is 0 Å². The number of halogens is 1. The first kappa shape index (κ1) is 14.4. The summed E-state index contributed by atoms with van der Waals surface area (Å²) in [5, 5.41) is 5.74. The molecule has 1 N–H and O–H groups in total. The van der Waals surface area contributed by atoms with Gasteiger partial charge >= 0.3 is 5.63 Å². The van der Waals surface area contributed by atoms with Gasteiger partial charge in [-0.1, -0.05) is 29.8 Å². The minimum absolute atomic E-state index is 0.405. The highest BCUT2D eigenvalue weighted by Gasteiger charge is 2.08. The predicted molar refractivity (Wildman–Crippen MR) is 89.8 cm³/mol. The Morgan fingerprint density at radius 2 is 1.86 bits per heavy atom. The monoisotopic (exact) mass is 312 g/mol. The fourth-order valence-electron chi connectivity index (χ4n) is 2.05. The lowest BCUT2D eigenvalue weighted by molar-refractivity contribution is 0.559. The molecule has 0 aliphatic rings. The highest BCUT2D eigenvalue weighted by Crippen LogP contribution is 2.15. The molecule has 5 heteroatoms. The molecule has 110 valence electrons. The second-order valence-electron chi connectivity index (χ2n) is 4.80. The highest BCUT2D eigenvalue weighted by molar-refractivity contribution is 6.30. The maximum atomic E-state index is 12.0. The Morgan fingerprint density at radius 3 is 2.64 bits per heavy atom. The largest absolute Gasteiger partial charge is 0.422 e. The van der Waals surface area contributed by atoms with Gasteiger partial charge in [-0.15, -0.1) is 0 Å². The van der Waals surface area contributed by atoms with Crippen molar-refractivity contribution in [1.82, 2.24) is 0 Å². The number of nitrogens with one attached hydrogen (secondary N) is 1. The van der Waals surface area contributed by atoms with E-state index in [9.17, 15) is 4.79 Å². The summed E-state index contributed by atoms with van der Waals surface area (Å²) in [5.74, 6) is 0. The Labute approximate surface area is 132 Å². The lowest BCUT2D eigenvalue weighted by atomic mass is 10.1. The summed E-state index contributed by atoms with van der Waals surface area (Å²) < 4.78 is 5.30. The van der Waals surface area contributed by atoms with Crippen LogP contribution in [0.1, 0.15) is 12.5 Å². The number of hydrogen-bond donors (Lipinski definition) is 1. The van der Waals surface area contributed by atoms with Crippen LogP contribution in [0.2, 0.25) is 5.02 Å². The van der Waals surface area contributed by atoms with Crippen LogP contribution >= 0.6 is 11.6 Å². The molecule has 22 heavy (non-hydrogen) atoms. The van der Waals surface area contributed by atoms with Gasteiger partial charge < -0.3 is 4.42 Å². The first-order valence-electron chi connectivity index (χ1n) is 6.72. The Balaban J connectivity index is 1.92. The number of hydrazone groups is 1. The summed E-state index contributed by atoms with van der Waals surface area (Å²) in [5.41, 5.74) is 4.82. The van der Waals surface area contributed by atoms with Gasteiger partial charge in [-0.2, -0.15) is 5.10 Å². The number of hydrogen-bond acceptors (Lipinski definition) is 4. The molecule has 2 aromatic carbocycles. The molecule has 0 atom stereocenters. The Kier molecular flexibility index (Phi) is 3.94. The van der Waals surface area contributed by atoms with E-state index in [1.165, 1.54) is 0 Å². The summed E-state index contributed by atoms with van der Waals surface area (Å²) in [4.78, 5) is 12.0. The van der Waals surface area contributed by atoms with Gasteiger partial charge in [0.05, 0.1) is 17.0 Å². The molecule has 0 saturated heterocycles. The average Bonchev–Trinajstić information content (AvgIpc) is 2.53. The molecule has 0 aliphatic heterocycles. The molecule has 3 aromatic rings. The van der Waals surface area contributed by atoms with E-state index in [-0.39, 0.29) is 0 Å². The minimum atomic E-state index is -0.405. The van der Waals surface area contributed by atoms with E-state index < -0.39 is 5.63 Å². The maximum absolute atomic E-state index is 12.0. The molecule has 4 nitrogen and oxygen atoms in total. The van der Waals surface area contributed by atoms with Crippen LogP contribution in [0, 0.1) is 0 Å². The standard InChI is InChI=1S/C17H13ClN2O2/c1-11(19-20-14-8-6-13(18)7-9-14)15-10-12-4-2-3-5-16(12)22-17(15)21/h2-10,20H,1H3/b19-11-. The Hall–Kier alpha value is -2.59. The molecule has 0 bridgehead atoms. The zero-order valence-corrected chi connectivity index (χ0v) is 12.6. The van der Waals surface area contributed by atoms with Crippen LogP contribution in [0.25, 0.3) is 11.0 Å². The van der Waals surface area contributed by atoms with Gasteiger partial charge in [0, 0.05) is 10.4 Å². The molecule has 0 spiro atoms. The number of para-hydroxylation sites is 1. The first-order chi connectivity index (χ1) is 10.6. The van der Waals surface area contributed by atoms with Crippen LogP contribution in [-0.4, -0.2) is 5.71 Å². The van der Waals surface area contributed by atoms with Gasteiger partial charge in [-0.3, -0.25) is 5.43 Å². The van der Waals surface area contributed by atoms with Gasteiger partial charge in [0.1, 0.15) is 5.58 Å². The molecule has 0 unspecified atom stereocenters. The number of benzene rings is 2. The van der Waals surface area contributed by atoms with Crippen molar-refractivity contribution in [1.29, 1.82) is 0 Å². The van der Waals surface area contributed by atoms with Gasteiger partial charge in [-0.25, -0.2) is 4.79 Å². The van der Waals surface area contributed by atoms with Crippen molar-refractivity contribution in [2.75, 3.05) is 5.43 Å².